The molecule has 0 saturated carbocycles. The Morgan fingerprint density at radius 1 is 0.964 bits per heavy atom. The van der Waals surface area contributed by atoms with Crippen molar-refractivity contribution in [1.29, 1.82) is 0 Å². The van der Waals surface area contributed by atoms with Crippen LogP contribution in [0.2, 0.25) is 0 Å². The van der Waals surface area contributed by atoms with Crippen LogP contribution < -0.4 is 15.4 Å². The van der Waals surface area contributed by atoms with Crippen LogP contribution in [-0.4, -0.2) is 33.3 Å². The first kappa shape index (κ1) is 21.2. The molecular formula is C20H23N3O4S. The number of rotatable bonds is 9. The largest absolute Gasteiger partial charge is 0.355 e. The van der Waals surface area contributed by atoms with Gasteiger partial charge in [-0.05, 0) is 42.3 Å². The lowest BCUT2D eigenvalue weighted by Gasteiger charge is -2.08. The predicted molar refractivity (Wildman–Crippen MR) is 110 cm³/mol. The van der Waals surface area contributed by atoms with Crippen molar-refractivity contribution in [2.24, 2.45) is 0 Å². The van der Waals surface area contributed by atoms with E-state index in [1.165, 1.54) is 30.3 Å². The molecule has 2 amide bonds. The minimum Gasteiger partial charge on any atom is -0.355 e. The van der Waals surface area contributed by atoms with Crippen LogP contribution in [0, 0.1) is 0 Å². The van der Waals surface area contributed by atoms with Gasteiger partial charge in [0.2, 0.25) is 5.91 Å². The van der Waals surface area contributed by atoms with Crippen LogP contribution in [0.4, 0.5) is 5.69 Å². The quantitative estimate of drug-likeness (QED) is 0.600. The third-order valence-electron chi connectivity index (χ3n) is 3.63. The zero-order valence-electron chi connectivity index (χ0n) is 15.5. The van der Waals surface area contributed by atoms with Crippen molar-refractivity contribution in [3.63, 3.8) is 0 Å². The molecule has 0 spiro atoms. The Morgan fingerprint density at radius 2 is 1.64 bits per heavy atom. The lowest BCUT2D eigenvalue weighted by atomic mass is 10.2. The third kappa shape index (κ3) is 7.24. The number of nitrogens with one attached hydrogen (secondary N) is 3. The molecule has 2 aromatic rings. The molecule has 3 N–H and O–H groups in total. The van der Waals surface area contributed by atoms with Gasteiger partial charge in [-0.15, -0.1) is 0 Å². The average molecular weight is 401 g/mol. The summed E-state index contributed by atoms with van der Waals surface area (Å²) in [5, 5.41) is 6.26. The molecule has 148 valence electrons. The highest BCUT2D eigenvalue weighted by molar-refractivity contribution is 7.95. The van der Waals surface area contributed by atoms with Gasteiger partial charge in [0.25, 0.3) is 15.9 Å². The van der Waals surface area contributed by atoms with Gasteiger partial charge in [-0.2, -0.15) is 0 Å². The normalized spacial score (nSPS) is 11.2. The fraction of sp³-hybridized carbons (Fsp3) is 0.200. The summed E-state index contributed by atoms with van der Waals surface area (Å²) in [5.41, 5.74) is 1.42. The van der Waals surface area contributed by atoms with Crippen LogP contribution in [0.25, 0.3) is 6.08 Å². The molecule has 0 unspecified atom stereocenters. The molecular weight excluding hydrogens is 378 g/mol. The smallest absolute Gasteiger partial charge is 0.255 e. The maximum atomic E-state index is 12.1. The highest BCUT2D eigenvalue weighted by Crippen LogP contribution is 2.13. The molecule has 7 nitrogen and oxygen atoms in total. The monoisotopic (exact) mass is 401 g/mol. The van der Waals surface area contributed by atoms with Crippen molar-refractivity contribution in [3.05, 3.63) is 71.1 Å². The average Bonchev–Trinajstić information content (AvgIpc) is 2.70. The van der Waals surface area contributed by atoms with E-state index in [9.17, 15) is 18.0 Å². The Morgan fingerprint density at radius 3 is 2.29 bits per heavy atom. The predicted octanol–water partition coefficient (Wildman–Crippen LogP) is 2.36. The van der Waals surface area contributed by atoms with Gasteiger partial charge < -0.3 is 10.6 Å². The second kappa shape index (κ2) is 10.3. The molecule has 0 saturated heterocycles. The van der Waals surface area contributed by atoms with Gasteiger partial charge in [-0.1, -0.05) is 37.3 Å². The first-order valence-corrected chi connectivity index (χ1v) is 10.3. The number of amides is 2. The molecule has 8 heteroatoms. The molecule has 0 aromatic heterocycles. The van der Waals surface area contributed by atoms with Gasteiger partial charge in [0.15, 0.2) is 0 Å². The van der Waals surface area contributed by atoms with Gasteiger partial charge in [-0.3, -0.25) is 14.3 Å². The Labute approximate surface area is 164 Å². The first-order valence-electron chi connectivity index (χ1n) is 8.80. The Bertz CT molecular complexity index is 924. The van der Waals surface area contributed by atoms with Crippen molar-refractivity contribution in [2.45, 2.75) is 13.3 Å². The molecule has 0 atom stereocenters. The molecule has 0 aliphatic rings. The fourth-order valence-electron chi connectivity index (χ4n) is 2.21. The van der Waals surface area contributed by atoms with E-state index in [1.54, 1.807) is 12.1 Å². The zero-order valence-corrected chi connectivity index (χ0v) is 16.3. The maximum Gasteiger partial charge on any atom is 0.255 e. The van der Waals surface area contributed by atoms with Crippen LogP contribution in [0.15, 0.2) is 60.0 Å². The van der Waals surface area contributed by atoms with Crippen molar-refractivity contribution in [2.75, 3.05) is 17.8 Å². The van der Waals surface area contributed by atoms with E-state index in [-0.39, 0.29) is 12.5 Å². The summed E-state index contributed by atoms with van der Waals surface area (Å²) in [5.74, 6) is -0.671. The van der Waals surface area contributed by atoms with Gasteiger partial charge in [-0.25, -0.2) is 8.42 Å². The number of carbonyl (C=O) groups is 2. The van der Waals surface area contributed by atoms with Crippen LogP contribution in [0.5, 0.6) is 0 Å². The summed E-state index contributed by atoms with van der Waals surface area (Å²) in [6.07, 6.45) is 2.31. The van der Waals surface area contributed by atoms with Crippen molar-refractivity contribution in [3.8, 4) is 0 Å². The highest BCUT2D eigenvalue weighted by atomic mass is 32.2. The Balaban J connectivity index is 1.92. The molecule has 0 heterocycles. The molecule has 0 radical (unpaired) electrons. The van der Waals surface area contributed by atoms with E-state index < -0.39 is 15.9 Å². The number of sulfonamides is 1. The van der Waals surface area contributed by atoms with Gasteiger partial charge in [0, 0.05) is 17.8 Å². The molecule has 0 bridgehead atoms. The molecule has 2 rings (SSSR count). The van der Waals surface area contributed by atoms with Crippen LogP contribution in [-0.2, 0) is 14.8 Å². The number of benzene rings is 2. The SMILES string of the molecule is CCCNC(=O)CNC(=O)c1ccc(NS(=O)(=O)/C=C/c2ccccc2)cc1. The summed E-state index contributed by atoms with van der Waals surface area (Å²) in [6.45, 7) is 2.38. The summed E-state index contributed by atoms with van der Waals surface area (Å²) < 4.78 is 26.7. The summed E-state index contributed by atoms with van der Waals surface area (Å²) in [6, 6.07) is 15.0. The molecule has 0 aliphatic carbocycles. The Hall–Kier alpha value is -3.13. The maximum absolute atomic E-state index is 12.1. The lowest BCUT2D eigenvalue weighted by Crippen LogP contribution is -2.37. The number of hydrogen-bond acceptors (Lipinski definition) is 4. The van der Waals surface area contributed by atoms with E-state index in [2.05, 4.69) is 15.4 Å². The second-order valence-electron chi connectivity index (χ2n) is 5.97. The summed E-state index contributed by atoms with van der Waals surface area (Å²) in [4.78, 5) is 23.5. The van der Waals surface area contributed by atoms with Crippen LogP contribution >= 0.6 is 0 Å². The van der Waals surface area contributed by atoms with Gasteiger partial charge >= 0.3 is 0 Å². The van der Waals surface area contributed by atoms with Crippen LogP contribution in [0.1, 0.15) is 29.3 Å². The number of anilines is 1. The minimum atomic E-state index is -3.68. The van der Waals surface area contributed by atoms with Gasteiger partial charge in [0.05, 0.1) is 12.0 Å². The summed E-state index contributed by atoms with van der Waals surface area (Å²) in [7, 11) is -3.68. The third-order valence-corrected chi connectivity index (χ3v) is 4.64. The lowest BCUT2D eigenvalue weighted by molar-refractivity contribution is -0.120. The van der Waals surface area contributed by atoms with E-state index in [0.29, 0.717) is 17.8 Å². The summed E-state index contributed by atoms with van der Waals surface area (Å²) >= 11 is 0. The highest BCUT2D eigenvalue weighted by Gasteiger charge is 2.09. The molecule has 2 aromatic carbocycles. The standard InChI is InChI=1S/C20H23N3O4S/c1-2-13-21-19(24)15-22-20(25)17-8-10-18(11-9-17)23-28(26,27)14-12-16-6-4-3-5-7-16/h3-12,14,23H,2,13,15H2,1H3,(H,21,24)(H,22,25)/b14-12+. The minimum absolute atomic E-state index is 0.114. The fourth-order valence-corrected chi connectivity index (χ4v) is 3.08. The van der Waals surface area contributed by atoms with E-state index in [0.717, 1.165) is 17.4 Å². The molecule has 28 heavy (non-hydrogen) atoms. The van der Waals surface area contributed by atoms with Crippen LogP contribution in [0.3, 0.4) is 0 Å². The number of hydrogen-bond donors (Lipinski definition) is 3. The van der Waals surface area contributed by atoms with Crippen molar-refractivity contribution in [1.82, 2.24) is 10.6 Å². The molecule has 0 fully saturated rings. The van der Waals surface area contributed by atoms with Gasteiger partial charge in [0.1, 0.15) is 0 Å². The topological polar surface area (TPSA) is 104 Å². The van der Waals surface area contributed by atoms with E-state index >= 15 is 0 Å². The van der Waals surface area contributed by atoms with Crippen molar-refractivity contribution >= 4 is 33.6 Å². The second-order valence-corrected chi connectivity index (χ2v) is 7.54. The molecule has 0 aliphatic heterocycles. The Kier molecular flexibility index (Phi) is 7.76. The first-order chi connectivity index (χ1) is 13.4. The van der Waals surface area contributed by atoms with Crippen molar-refractivity contribution < 1.29 is 18.0 Å². The zero-order chi connectivity index (χ0) is 20.4. The number of carbonyl (C=O) groups excluding carboxylic acids is 2. The van der Waals surface area contributed by atoms with E-state index in [1.807, 2.05) is 25.1 Å². The van der Waals surface area contributed by atoms with E-state index in [4.69, 9.17) is 0 Å².